The lowest BCUT2D eigenvalue weighted by Crippen LogP contribution is -2.23. The molecule has 0 fully saturated rings. The fourth-order valence-electron chi connectivity index (χ4n) is 2.06. The lowest BCUT2D eigenvalue weighted by atomic mass is 10.1. The summed E-state index contributed by atoms with van der Waals surface area (Å²) in [5.41, 5.74) is 1.17. The second kappa shape index (κ2) is 7.92. The summed E-state index contributed by atoms with van der Waals surface area (Å²) in [4.78, 5) is 23.8. The van der Waals surface area contributed by atoms with Gasteiger partial charge in [0.2, 0.25) is 5.91 Å². The van der Waals surface area contributed by atoms with E-state index in [4.69, 9.17) is 0 Å². The molecule has 24 heavy (non-hydrogen) atoms. The second-order valence-corrected chi connectivity index (χ2v) is 6.62. The Labute approximate surface area is 145 Å². The second-order valence-electron chi connectivity index (χ2n) is 5.32. The zero-order valence-corrected chi connectivity index (χ0v) is 14.8. The van der Waals surface area contributed by atoms with E-state index >= 15 is 0 Å². The summed E-state index contributed by atoms with van der Waals surface area (Å²) in [6.45, 7) is 9.47. The van der Waals surface area contributed by atoms with Gasteiger partial charge < -0.3 is 9.88 Å². The van der Waals surface area contributed by atoms with E-state index in [-0.39, 0.29) is 16.9 Å². The van der Waals surface area contributed by atoms with Crippen LogP contribution in [0.2, 0.25) is 0 Å². The smallest absolute Gasteiger partial charge is 0.237 e. The van der Waals surface area contributed by atoms with Crippen molar-refractivity contribution in [2.75, 3.05) is 5.32 Å². The SMILES string of the molecule is C=CCn1c(C)nnc1S[C@@H](C)C(=O)Nc1cccc(C(C)=O)c1. The summed E-state index contributed by atoms with van der Waals surface area (Å²) in [5, 5.41) is 11.3. The van der Waals surface area contributed by atoms with Gasteiger partial charge in [-0.2, -0.15) is 0 Å². The van der Waals surface area contributed by atoms with Crippen LogP contribution in [-0.4, -0.2) is 31.7 Å². The van der Waals surface area contributed by atoms with Crippen molar-refractivity contribution in [3.05, 3.63) is 48.3 Å². The number of aryl methyl sites for hydroxylation is 1. The van der Waals surface area contributed by atoms with Crippen LogP contribution < -0.4 is 5.32 Å². The van der Waals surface area contributed by atoms with Gasteiger partial charge in [0.1, 0.15) is 5.82 Å². The summed E-state index contributed by atoms with van der Waals surface area (Å²) in [7, 11) is 0. The molecule has 0 bridgehead atoms. The molecule has 1 amide bonds. The maximum absolute atomic E-state index is 12.4. The topological polar surface area (TPSA) is 76.9 Å². The Kier molecular flexibility index (Phi) is 5.92. The quantitative estimate of drug-likeness (QED) is 0.474. The highest BCUT2D eigenvalue weighted by Crippen LogP contribution is 2.23. The molecule has 0 saturated carbocycles. The molecule has 1 N–H and O–H groups in total. The van der Waals surface area contributed by atoms with Crippen molar-refractivity contribution < 1.29 is 9.59 Å². The minimum absolute atomic E-state index is 0.0403. The van der Waals surface area contributed by atoms with Crippen LogP contribution in [0.3, 0.4) is 0 Å². The minimum Gasteiger partial charge on any atom is -0.325 e. The normalized spacial score (nSPS) is 11.8. The monoisotopic (exact) mass is 344 g/mol. The van der Waals surface area contributed by atoms with Crippen molar-refractivity contribution in [3.8, 4) is 0 Å². The zero-order valence-electron chi connectivity index (χ0n) is 13.9. The maximum atomic E-state index is 12.4. The van der Waals surface area contributed by atoms with E-state index in [0.717, 1.165) is 5.82 Å². The Hall–Kier alpha value is -2.41. The first-order valence-electron chi connectivity index (χ1n) is 7.51. The summed E-state index contributed by atoms with van der Waals surface area (Å²) in [5.74, 6) is 0.576. The number of benzene rings is 1. The molecule has 2 rings (SSSR count). The summed E-state index contributed by atoms with van der Waals surface area (Å²) < 4.78 is 1.90. The lowest BCUT2D eigenvalue weighted by Gasteiger charge is -2.12. The number of carbonyl (C=O) groups is 2. The van der Waals surface area contributed by atoms with Crippen LogP contribution in [0.25, 0.3) is 0 Å². The Morgan fingerprint density at radius 3 is 2.83 bits per heavy atom. The Morgan fingerprint density at radius 2 is 2.17 bits per heavy atom. The van der Waals surface area contributed by atoms with Crippen LogP contribution in [0.15, 0.2) is 42.1 Å². The molecule has 0 radical (unpaired) electrons. The number of amides is 1. The number of rotatable bonds is 7. The van der Waals surface area contributed by atoms with E-state index in [1.54, 1.807) is 37.3 Å². The average Bonchev–Trinajstić information content (AvgIpc) is 2.88. The van der Waals surface area contributed by atoms with Gasteiger partial charge in [0, 0.05) is 17.8 Å². The van der Waals surface area contributed by atoms with Gasteiger partial charge in [0.25, 0.3) is 0 Å². The van der Waals surface area contributed by atoms with Gasteiger partial charge in [-0.25, -0.2) is 0 Å². The number of aromatic nitrogens is 3. The predicted octanol–water partition coefficient (Wildman–Crippen LogP) is 3.09. The number of carbonyl (C=O) groups excluding carboxylic acids is 2. The highest BCUT2D eigenvalue weighted by Gasteiger charge is 2.19. The molecule has 7 heteroatoms. The number of hydrogen-bond acceptors (Lipinski definition) is 5. The van der Waals surface area contributed by atoms with Crippen LogP contribution in [0, 0.1) is 6.92 Å². The van der Waals surface area contributed by atoms with Crippen LogP contribution in [-0.2, 0) is 11.3 Å². The Balaban J connectivity index is 2.06. The maximum Gasteiger partial charge on any atom is 0.237 e. The Bertz CT molecular complexity index is 770. The van der Waals surface area contributed by atoms with E-state index in [9.17, 15) is 9.59 Å². The highest BCUT2D eigenvalue weighted by atomic mass is 32.2. The highest BCUT2D eigenvalue weighted by molar-refractivity contribution is 8.00. The van der Waals surface area contributed by atoms with E-state index in [2.05, 4.69) is 22.1 Å². The van der Waals surface area contributed by atoms with E-state index in [0.29, 0.717) is 23.0 Å². The third-order valence-electron chi connectivity index (χ3n) is 3.40. The van der Waals surface area contributed by atoms with Crippen molar-refractivity contribution >= 4 is 29.1 Å². The molecule has 6 nitrogen and oxygen atoms in total. The number of thioether (sulfide) groups is 1. The van der Waals surface area contributed by atoms with Crippen molar-refractivity contribution in [3.63, 3.8) is 0 Å². The van der Waals surface area contributed by atoms with Gasteiger partial charge in [-0.1, -0.05) is 30.0 Å². The van der Waals surface area contributed by atoms with E-state index in [1.165, 1.54) is 18.7 Å². The van der Waals surface area contributed by atoms with Crippen molar-refractivity contribution in [1.29, 1.82) is 0 Å². The van der Waals surface area contributed by atoms with Gasteiger partial charge in [0.05, 0.1) is 5.25 Å². The molecular formula is C17H20N4O2S. The third kappa shape index (κ3) is 4.32. The molecule has 1 heterocycles. The number of ketones is 1. The molecule has 0 spiro atoms. The molecular weight excluding hydrogens is 324 g/mol. The van der Waals surface area contributed by atoms with E-state index in [1.807, 2.05) is 11.5 Å². The van der Waals surface area contributed by atoms with Gasteiger partial charge in [-0.05, 0) is 32.9 Å². The summed E-state index contributed by atoms with van der Waals surface area (Å²) in [6, 6.07) is 6.89. The summed E-state index contributed by atoms with van der Waals surface area (Å²) in [6.07, 6.45) is 1.76. The molecule has 0 aliphatic carbocycles. The molecule has 2 aromatic rings. The largest absolute Gasteiger partial charge is 0.325 e. The van der Waals surface area contributed by atoms with Gasteiger partial charge in [0.15, 0.2) is 10.9 Å². The number of anilines is 1. The lowest BCUT2D eigenvalue weighted by molar-refractivity contribution is -0.115. The number of Topliss-reactive ketones (excluding diaryl/α,β-unsaturated/α-hetero) is 1. The van der Waals surface area contributed by atoms with E-state index < -0.39 is 0 Å². The minimum atomic E-state index is -0.363. The van der Waals surface area contributed by atoms with Gasteiger partial charge in [-0.15, -0.1) is 16.8 Å². The fourth-order valence-corrected chi connectivity index (χ4v) is 2.96. The predicted molar refractivity (Wildman–Crippen MR) is 95.4 cm³/mol. The molecule has 0 saturated heterocycles. The summed E-state index contributed by atoms with van der Waals surface area (Å²) >= 11 is 1.33. The number of hydrogen-bond donors (Lipinski definition) is 1. The molecule has 0 aliphatic heterocycles. The van der Waals surface area contributed by atoms with Crippen molar-refractivity contribution in [1.82, 2.24) is 14.8 Å². The van der Waals surface area contributed by atoms with Crippen LogP contribution in [0.5, 0.6) is 0 Å². The number of nitrogens with one attached hydrogen (secondary N) is 1. The first kappa shape index (κ1) is 17.9. The van der Waals surface area contributed by atoms with Gasteiger partial charge >= 0.3 is 0 Å². The van der Waals surface area contributed by atoms with Crippen molar-refractivity contribution in [2.24, 2.45) is 0 Å². The van der Waals surface area contributed by atoms with Crippen LogP contribution in [0.1, 0.15) is 30.0 Å². The average molecular weight is 344 g/mol. The standard InChI is InChI=1S/C17H20N4O2S/c1-5-9-21-13(4)19-20-17(21)24-12(3)16(23)18-15-8-6-7-14(10-15)11(2)22/h5-8,10,12H,1,9H2,2-4H3,(H,18,23)/t12-/m0/s1. The van der Waals surface area contributed by atoms with Gasteiger partial charge in [-0.3, -0.25) is 9.59 Å². The molecule has 0 unspecified atom stereocenters. The Morgan fingerprint density at radius 1 is 1.42 bits per heavy atom. The number of nitrogens with zero attached hydrogens (tertiary/aromatic N) is 3. The fraction of sp³-hybridized carbons (Fsp3) is 0.294. The van der Waals surface area contributed by atoms with Crippen LogP contribution in [0.4, 0.5) is 5.69 Å². The third-order valence-corrected chi connectivity index (χ3v) is 4.48. The zero-order chi connectivity index (χ0) is 17.7. The van der Waals surface area contributed by atoms with Crippen LogP contribution >= 0.6 is 11.8 Å². The molecule has 1 aromatic heterocycles. The molecule has 126 valence electrons. The molecule has 1 atom stereocenters. The molecule has 0 aliphatic rings. The molecule has 1 aromatic carbocycles. The number of allylic oxidation sites excluding steroid dienone is 1. The first-order chi connectivity index (χ1) is 11.4. The van der Waals surface area contributed by atoms with Crippen molar-refractivity contribution in [2.45, 2.75) is 37.7 Å². The first-order valence-corrected chi connectivity index (χ1v) is 8.39.